The maximum Gasteiger partial charge on any atom is 0.261 e. The van der Waals surface area contributed by atoms with Crippen LogP contribution >= 0.6 is 0 Å². The lowest BCUT2D eigenvalue weighted by Crippen LogP contribution is -2.16. The largest absolute Gasteiger partial charge is 0.387 e. The Balaban J connectivity index is 2.19. The first kappa shape index (κ1) is 17.0. The average Bonchev–Trinajstić information content (AvgIpc) is 2.54. The molecule has 0 heterocycles. The summed E-state index contributed by atoms with van der Waals surface area (Å²) in [6, 6.07) is 12.9. The highest BCUT2D eigenvalue weighted by Gasteiger charge is 2.14. The van der Waals surface area contributed by atoms with Gasteiger partial charge in [0.15, 0.2) is 0 Å². The summed E-state index contributed by atoms with van der Waals surface area (Å²) in [6.45, 7) is 1.35. The topological polar surface area (TPSA) is 95.5 Å². The molecule has 2 aromatic carbocycles. The Morgan fingerprint density at radius 3 is 2.35 bits per heavy atom. The van der Waals surface area contributed by atoms with Crippen molar-refractivity contribution in [2.24, 2.45) is 0 Å². The van der Waals surface area contributed by atoms with Gasteiger partial charge in [-0.15, -0.1) is 0 Å². The SMILES string of the molecule is CCc1ccc(S(=O)(=O)Nc2cccc(NC(=O)CO)c2)cc1. The number of amides is 1. The van der Waals surface area contributed by atoms with Gasteiger partial charge in [0.1, 0.15) is 6.61 Å². The van der Waals surface area contributed by atoms with Crippen molar-refractivity contribution in [3.05, 3.63) is 54.1 Å². The fourth-order valence-corrected chi connectivity index (χ4v) is 3.03. The number of nitrogens with one attached hydrogen (secondary N) is 2. The molecule has 0 saturated heterocycles. The summed E-state index contributed by atoms with van der Waals surface area (Å²) in [7, 11) is -3.70. The van der Waals surface area contributed by atoms with Crippen molar-refractivity contribution in [2.75, 3.05) is 16.6 Å². The van der Waals surface area contributed by atoms with Gasteiger partial charge in [0.2, 0.25) is 5.91 Å². The summed E-state index contributed by atoms with van der Waals surface area (Å²) < 4.78 is 27.2. The van der Waals surface area contributed by atoms with Gasteiger partial charge in [0.25, 0.3) is 10.0 Å². The number of anilines is 2. The fourth-order valence-electron chi connectivity index (χ4n) is 1.98. The zero-order chi connectivity index (χ0) is 16.9. The van der Waals surface area contributed by atoms with Gasteiger partial charge in [0.05, 0.1) is 10.6 Å². The van der Waals surface area contributed by atoms with Gasteiger partial charge in [-0.05, 0) is 42.3 Å². The highest BCUT2D eigenvalue weighted by molar-refractivity contribution is 7.92. The molecule has 0 aliphatic carbocycles. The van der Waals surface area contributed by atoms with E-state index in [9.17, 15) is 13.2 Å². The van der Waals surface area contributed by atoms with Gasteiger partial charge in [-0.25, -0.2) is 8.42 Å². The number of carbonyl (C=O) groups is 1. The molecule has 0 aliphatic rings. The smallest absolute Gasteiger partial charge is 0.261 e. The van der Waals surface area contributed by atoms with E-state index in [-0.39, 0.29) is 4.90 Å². The van der Waals surface area contributed by atoms with Crippen molar-refractivity contribution in [3.8, 4) is 0 Å². The minimum atomic E-state index is -3.70. The third kappa shape index (κ3) is 4.54. The maximum atomic E-state index is 12.4. The summed E-state index contributed by atoms with van der Waals surface area (Å²) >= 11 is 0. The summed E-state index contributed by atoms with van der Waals surface area (Å²) in [5, 5.41) is 11.2. The maximum absolute atomic E-state index is 12.4. The van der Waals surface area contributed by atoms with E-state index in [2.05, 4.69) is 10.0 Å². The summed E-state index contributed by atoms with van der Waals surface area (Å²) in [5.41, 5.74) is 1.77. The Morgan fingerprint density at radius 1 is 1.09 bits per heavy atom. The van der Waals surface area contributed by atoms with Crippen molar-refractivity contribution >= 4 is 27.3 Å². The van der Waals surface area contributed by atoms with E-state index < -0.39 is 22.5 Å². The van der Waals surface area contributed by atoms with Crippen LogP contribution in [0.25, 0.3) is 0 Å². The number of rotatable bonds is 6. The molecule has 0 unspecified atom stereocenters. The number of benzene rings is 2. The number of hydrogen-bond donors (Lipinski definition) is 3. The van der Waals surface area contributed by atoms with Crippen molar-refractivity contribution in [2.45, 2.75) is 18.2 Å². The molecule has 0 fully saturated rings. The van der Waals surface area contributed by atoms with Crippen LogP contribution in [0.4, 0.5) is 11.4 Å². The van der Waals surface area contributed by atoms with Gasteiger partial charge in [-0.1, -0.05) is 25.1 Å². The molecule has 0 radical (unpaired) electrons. The van der Waals surface area contributed by atoms with Gasteiger partial charge >= 0.3 is 0 Å². The zero-order valence-corrected chi connectivity index (χ0v) is 13.4. The molecular weight excluding hydrogens is 316 g/mol. The van der Waals surface area contributed by atoms with Gasteiger partial charge in [-0.3, -0.25) is 9.52 Å². The van der Waals surface area contributed by atoms with Crippen LogP contribution in [0, 0.1) is 0 Å². The molecule has 3 N–H and O–H groups in total. The number of hydrogen-bond acceptors (Lipinski definition) is 4. The molecule has 0 atom stereocenters. The van der Waals surface area contributed by atoms with Crippen LogP contribution in [-0.4, -0.2) is 26.0 Å². The molecule has 1 amide bonds. The normalized spacial score (nSPS) is 11.0. The highest BCUT2D eigenvalue weighted by Crippen LogP contribution is 2.20. The van der Waals surface area contributed by atoms with E-state index in [1.807, 2.05) is 6.92 Å². The molecule has 7 heteroatoms. The first-order chi connectivity index (χ1) is 10.9. The molecule has 0 bridgehead atoms. The standard InChI is InChI=1S/C16H18N2O4S/c1-2-12-6-8-15(9-7-12)23(21,22)18-14-5-3-4-13(10-14)17-16(20)11-19/h3-10,18-19H,2,11H2,1H3,(H,17,20). The molecule has 23 heavy (non-hydrogen) atoms. The molecular formula is C16H18N2O4S. The third-order valence-corrected chi connectivity index (χ3v) is 4.58. The number of aliphatic hydroxyl groups excluding tert-OH is 1. The van der Waals surface area contributed by atoms with Crippen molar-refractivity contribution in [1.82, 2.24) is 0 Å². The first-order valence-electron chi connectivity index (χ1n) is 7.07. The molecule has 2 aromatic rings. The summed E-state index contributed by atoms with van der Waals surface area (Å²) in [5.74, 6) is -0.569. The number of aryl methyl sites for hydroxylation is 1. The van der Waals surface area contributed by atoms with Crippen molar-refractivity contribution in [3.63, 3.8) is 0 Å². The lowest BCUT2D eigenvalue weighted by molar-refractivity contribution is -0.118. The number of sulfonamides is 1. The molecule has 6 nitrogen and oxygen atoms in total. The first-order valence-corrected chi connectivity index (χ1v) is 8.55. The Kier molecular flexibility index (Phi) is 5.36. The quantitative estimate of drug-likeness (QED) is 0.753. The predicted octanol–water partition coefficient (Wildman–Crippen LogP) is 1.98. The second kappa shape index (κ2) is 7.26. The van der Waals surface area contributed by atoms with E-state index in [1.54, 1.807) is 42.5 Å². The van der Waals surface area contributed by atoms with Crippen LogP contribution in [-0.2, 0) is 21.2 Å². The van der Waals surface area contributed by atoms with E-state index in [0.29, 0.717) is 11.4 Å². The summed E-state index contributed by atoms with van der Waals surface area (Å²) in [4.78, 5) is 11.3. The lowest BCUT2D eigenvalue weighted by Gasteiger charge is -2.10. The van der Waals surface area contributed by atoms with Gasteiger partial charge in [0, 0.05) is 5.69 Å². The molecule has 122 valence electrons. The Hall–Kier alpha value is -2.38. The zero-order valence-electron chi connectivity index (χ0n) is 12.6. The second-order valence-corrected chi connectivity index (χ2v) is 6.57. The van der Waals surface area contributed by atoms with Crippen LogP contribution in [0.5, 0.6) is 0 Å². The Bertz CT molecular complexity index is 786. The van der Waals surface area contributed by atoms with Crippen molar-refractivity contribution in [1.29, 1.82) is 0 Å². The number of aliphatic hydroxyl groups is 1. The third-order valence-electron chi connectivity index (χ3n) is 3.18. The molecule has 0 spiro atoms. The van der Waals surface area contributed by atoms with Crippen molar-refractivity contribution < 1.29 is 18.3 Å². The minimum absolute atomic E-state index is 0.166. The molecule has 0 saturated carbocycles. The Morgan fingerprint density at radius 2 is 1.74 bits per heavy atom. The van der Waals surface area contributed by atoms with Crippen LogP contribution in [0.3, 0.4) is 0 Å². The second-order valence-electron chi connectivity index (χ2n) is 4.89. The lowest BCUT2D eigenvalue weighted by atomic mass is 10.2. The number of carbonyl (C=O) groups excluding carboxylic acids is 1. The summed E-state index contributed by atoms with van der Waals surface area (Å²) in [6.07, 6.45) is 0.834. The predicted molar refractivity (Wildman–Crippen MR) is 88.8 cm³/mol. The van der Waals surface area contributed by atoms with Gasteiger partial charge in [-0.2, -0.15) is 0 Å². The average molecular weight is 334 g/mol. The monoisotopic (exact) mass is 334 g/mol. The molecule has 2 rings (SSSR count). The van der Waals surface area contributed by atoms with Crippen LogP contribution in [0.15, 0.2) is 53.4 Å². The Labute approximate surface area is 135 Å². The highest BCUT2D eigenvalue weighted by atomic mass is 32.2. The van der Waals surface area contributed by atoms with Crippen LogP contribution in [0.2, 0.25) is 0 Å². The molecule has 0 aromatic heterocycles. The van der Waals surface area contributed by atoms with Gasteiger partial charge < -0.3 is 10.4 Å². The minimum Gasteiger partial charge on any atom is -0.387 e. The fraction of sp³-hybridized carbons (Fsp3) is 0.188. The van der Waals surface area contributed by atoms with Crippen LogP contribution < -0.4 is 10.0 Å². The van der Waals surface area contributed by atoms with E-state index in [0.717, 1.165) is 12.0 Å². The van der Waals surface area contributed by atoms with E-state index in [4.69, 9.17) is 5.11 Å². The molecule has 0 aliphatic heterocycles. The van der Waals surface area contributed by atoms with Crippen LogP contribution in [0.1, 0.15) is 12.5 Å². The van der Waals surface area contributed by atoms with E-state index >= 15 is 0 Å². The van der Waals surface area contributed by atoms with E-state index in [1.165, 1.54) is 6.07 Å².